The van der Waals surface area contributed by atoms with E-state index in [1.807, 2.05) is 0 Å². The molecule has 2 aromatic rings. The third-order valence-electron chi connectivity index (χ3n) is 2.51. The van der Waals surface area contributed by atoms with Crippen molar-refractivity contribution in [2.75, 3.05) is 5.32 Å². The Morgan fingerprint density at radius 3 is 2.76 bits per heavy atom. The minimum absolute atomic E-state index is 0.452. The van der Waals surface area contributed by atoms with Gasteiger partial charge in [-0.2, -0.15) is 4.98 Å². The summed E-state index contributed by atoms with van der Waals surface area (Å²) in [7, 11) is 0. The molecule has 0 atom stereocenters. The van der Waals surface area contributed by atoms with Crippen LogP contribution in [0, 0.1) is 0 Å². The van der Waals surface area contributed by atoms with Gasteiger partial charge in [0.2, 0.25) is 5.82 Å². The van der Waals surface area contributed by atoms with Gasteiger partial charge in [-0.15, -0.1) is 0 Å². The summed E-state index contributed by atoms with van der Waals surface area (Å²) < 4.78 is 5.09. The van der Waals surface area contributed by atoms with Crippen LogP contribution < -0.4 is 5.32 Å². The number of benzene rings is 1. The van der Waals surface area contributed by atoms with Crippen molar-refractivity contribution in [3.05, 3.63) is 28.2 Å². The molecule has 17 heavy (non-hydrogen) atoms. The normalized spacial score (nSPS) is 14.9. The topological polar surface area (TPSA) is 51.0 Å². The van der Waals surface area contributed by atoms with Crippen LogP contribution in [0.15, 0.2) is 22.7 Å². The van der Waals surface area contributed by atoms with E-state index in [4.69, 9.17) is 27.7 Å². The van der Waals surface area contributed by atoms with Crippen LogP contribution in [0.1, 0.15) is 12.8 Å². The quantitative estimate of drug-likeness (QED) is 0.925. The first-order valence-electron chi connectivity index (χ1n) is 5.28. The number of rotatable bonds is 3. The lowest BCUT2D eigenvalue weighted by molar-refractivity contribution is 0.432. The van der Waals surface area contributed by atoms with E-state index in [0.717, 1.165) is 18.4 Å². The highest BCUT2D eigenvalue weighted by Gasteiger charge is 2.23. The average molecular weight is 270 g/mol. The van der Waals surface area contributed by atoms with E-state index in [2.05, 4.69) is 15.5 Å². The molecule has 3 rings (SSSR count). The number of halogens is 2. The van der Waals surface area contributed by atoms with Crippen molar-refractivity contribution in [1.82, 2.24) is 10.1 Å². The minimum Gasteiger partial charge on any atom is -0.335 e. The predicted octanol–water partition coefficient (Wildman–Crippen LogP) is 3.62. The first-order chi connectivity index (χ1) is 8.22. The van der Waals surface area contributed by atoms with Crippen LogP contribution >= 0.6 is 23.2 Å². The van der Waals surface area contributed by atoms with Gasteiger partial charge in [-0.1, -0.05) is 28.4 Å². The smallest absolute Gasteiger partial charge is 0.322 e. The highest BCUT2D eigenvalue weighted by atomic mass is 35.5. The van der Waals surface area contributed by atoms with Gasteiger partial charge < -0.3 is 9.84 Å². The number of anilines is 1. The molecule has 1 aromatic heterocycles. The zero-order valence-electron chi connectivity index (χ0n) is 8.78. The van der Waals surface area contributed by atoms with Crippen molar-refractivity contribution in [1.29, 1.82) is 0 Å². The van der Waals surface area contributed by atoms with Crippen LogP contribution in [0.3, 0.4) is 0 Å². The summed E-state index contributed by atoms with van der Waals surface area (Å²) in [6.45, 7) is 0. The summed E-state index contributed by atoms with van der Waals surface area (Å²) in [5.41, 5.74) is 0.784. The highest BCUT2D eigenvalue weighted by molar-refractivity contribution is 6.42. The van der Waals surface area contributed by atoms with E-state index in [1.165, 1.54) is 0 Å². The molecule has 1 fully saturated rings. The molecule has 1 aliphatic rings. The molecule has 0 radical (unpaired) electrons. The zero-order chi connectivity index (χ0) is 11.8. The van der Waals surface area contributed by atoms with Crippen molar-refractivity contribution in [2.45, 2.75) is 18.9 Å². The summed E-state index contributed by atoms with van der Waals surface area (Å²) in [5.74, 6) is 0.506. The van der Waals surface area contributed by atoms with Gasteiger partial charge in [-0.3, -0.25) is 0 Å². The molecule has 88 valence electrons. The van der Waals surface area contributed by atoms with Crippen molar-refractivity contribution < 1.29 is 4.52 Å². The molecule has 1 N–H and O–H groups in total. The van der Waals surface area contributed by atoms with E-state index < -0.39 is 0 Å². The second-order valence-corrected chi connectivity index (χ2v) is 4.79. The standard InChI is InChI=1S/C11H9Cl2N3O/c12-8-4-1-6(5-9(8)13)10-15-11(17-16-10)14-7-2-3-7/h1,4-5,7H,2-3H2,(H,14,15,16). The predicted molar refractivity (Wildman–Crippen MR) is 66.4 cm³/mol. The Kier molecular flexibility index (Phi) is 2.68. The molecule has 4 nitrogen and oxygen atoms in total. The fourth-order valence-electron chi connectivity index (χ4n) is 1.44. The van der Waals surface area contributed by atoms with Crippen molar-refractivity contribution in [3.8, 4) is 11.4 Å². The van der Waals surface area contributed by atoms with Crippen LogP contribution in [0.4, 0.5) is 6.01 Å². The average Bonchev–Trinajstić information content (AvgIpc) is 2.99. The fourth-order valence-corrected chi connectivity index (χ4v) is 1.73. The summed E-state index contributed by atoms with van der Waals surface area (Å²) in [6, 6.07) is 6.17. The van der Waals surface area contributed by atoms with Gasteiger partial charge in [0.05, 0.1) is 10.0 Å². The SMILES string of the molecule is Clc1ccc(-c2noc(NC3CC3)n2)cc1Cl. The van der Waals surface area contributed by atoms with Gasteiger partial charge in [-0.25, -0.2) is 0 Å². The molecule has 1 saturated carbocycles. The summed E-state index contributed by atoms with van der Waals surface area (Å²) in [6.07, 6.45) is 2.31. The van der Waals surface area contributed by atoms with Crippen LogP contribution in [0.5, 0.6) is 0 Å². The van der Waals surface area contributed by atoms with Gasteiger partial charge in [0.25, 0.3) is 0 Å². The lowest BCUT2D eigenvalue weighted by Crippen LogP contribution is -2.00. The lowest BCUT2D eigenvalue weighted by Gasteiger charge is -1.97. The van der Waals surface area contributed by atoms with E-state index in [1.54, 1.807) is 18.2 Å². The van der Waals surface area contributed by atoms with Crippen LogP contribution in [-0.2, 0) is 0 Å². The van der Waals surface area contributed by atoms with Gasteiger partial charge in [0, 0.05) is 11.6 Å². The molecule has 1 heterocycles. The first kappa shape index (κ1) is 10.9. The minimum atomic E-state index is 0.452. The van der Waals surface area contributed by atoms with Gasteiger partial charge in [0.1, 0.15) is 0 Å². The van der Waals surface area contributed by atoms with E-state index in [9.17, 15) is 0 Å². The number of nitrogens with one attached hydrogen (secondary N) is 1. The highest BCUT2D eigenvalue weighted by Crippen LogP contribution is 2.28. The van der Waals surface area contributed by atoms with Crippen LogP contribution in [-0.4, -0.2) is 16.2 Å². The largest absolute Gasteiger partial charge is 0.335 e. The summed E-state index contributed by atoms with van der Waals surface area (Å²) in [5, 5.41) is 8.01. The third-order valence-corrected chi connectivity index (χ3v) is 3.25. The molecule has 0 saturated heterocycles. The Labute approximate surface area is 108 Å². The van der Waals surface area contributed by atoms with E-state index in [-0.39, 0.29) is 0 Å². The van der Waals surface area contributed by atoms with Crippen LogP contribution in [0.25, 0.3) is 11.4 Å². The molecule has 6 heteroatoms. The van der Waals surface area contributed by atoms with Gasteiger partial charge in [0.15, 0.2) is 0 Å². The first-order valence-corrected chi connectivity index (χ1v) is 6.03. The summed E-state index contributed by atoms with van der Waals surface area (Å²) in [4.78, 5) is 4.24. The molecular weight excluding hydrogens is 261 g/mol. The third kappa shape index (κ3) is 2.37. The van der Waals surface area contributed by atoms with Crippen molar-refractivity contribution >= 4 is 29.2 Å². The number of hydrogen-bond acceptors (Lipinski definition) is 4. The molecule has 1 aromatic carbocycles. The maximum atomic E-state index is 5.93. The Bertz CT molecular complexity index is 551. The number of nitrogens with zero attached hydrogens (tertiary/aromatic N) is 2. The Morgan fingerprint density at radius 2 is 2.06 bits per heavy atom. The fraction of sp³-hybridized carbons (Fsp3) is 0.273. The second-order valence-electron chi connectivity index (χ2n) is 3.97. The van der Waals surface area contributed by atoms with Crippen molar-refractivity contribution in [2.24, 2.45) is 0 Å². The molecule has 1 aliphatic carbocycles. The Hall–Kier alpha value is -1.26. The molecular formula is C11H9Cl2N3O. The van der Waals surface area contributed by atoms with Crippen LogP contribution in [0.2, 0.25) is 10.0 Å². The maximum Gasteiger partial charge on any atom is 0.322 e. The second kappa shape index (κ2) is 4.20. The van der Waals surface area contributed by atoms with Gasteiger partial charge in [-0.05, 0) is 31.0 Å². The Balaban J connectivity index is 1.86. The maximum absolute atomic E-state index is 5.93. The molecule has 0 bridgehead atoms. The molecule has 0 aliphatic heterocycles. The lowest BCUT2D eigenvalue weighted by atomic mass is 10.2. The number of hydrogen-bond donors (Lipinski definition) is 1. The zero-order valence-corrected chi connectivity index (χ0v) is 10.3. The molecule has 0 amide bonds. The monoisotopic (exact) mass is 269 g/mol. The Morgan fingerprint density at radius 1 is 1.24 bits per heavy atom. The van der Waals surface area contributed by atoms with E-state index >= 15 is 0 Å². The summed E-state index contributed by atoms with van der Waals surface area (Å²) >= 11 is 11.8. The molecule has 0 spiro atoms. The van der Waals surface area contributed by atoms with Crippen molar-refractivity contribution in [3.63, 3.8) is 0 Å². The van der Waals surface area contributed by atoms with Gasteiger partial charge >= 0.3 is 6.01 Å². The molecule has 0 unspecified atom stereocenters. The van der Waals surface area contributed by atoms with E-state index in [0.29, 0.717) is 27.9 Å². The number of aromatic nitrogens is 2.